The quantitative estimate of drug-likeness (QED) is 0.213. The molecule has 3 nitrogen and oxygen atoms in total. The Hall–Kier alpha value is -0.830. The third-order valence-electron chi connectivity index (χ3n) is 3.74. The number of carbonyl (C=O) groups is 1. The molecule has 0 bridgehead atoms. The second kappa shape index (κ2) is 14.1. The van der Waals surface area contributed by atoms with Crippen LogP contribution in [-0.4, -0.2) is 18.2 Å². The number of esters is 1. The monoisotopic (exact) mass is 297 g/mol. The van der Waals surface area contributed by atoms with Crippen LogP contribution in [0.15, 0.2) is 12.7 Å². The number of nitrogens with one attached hydrogen (secondary N) is 1. The van der Waals surface area contributed by atoms with Crippen LogP contribution >= 0.6 is 0 Å². The van der Waals surface area contributed by atoms with Gasteiger partial charge >= 0.3 is 5.97 Å². The molecule has 0 aliphatic rings. The Morgan fingerprint density at radius 3 is 2.00 bits per heavy atom. The molecule has 0 radical (unpaired) electrons. The van der Waals surface area contributed by atoms with Gasteiger partial charge in [0.25, 0.3) is 0 Å². The van der Waals surface area contributed by atoms with Crippen LogP contribution in [0.4, 0.5) is 0 Å². The van der Waals surface area contributed by atoms with Crippen LogP contribution in [0.25, 0.3) is 0 Å². The van der Waals surface area contributed by atoms with Gasteiger partial charge in [-0.2, -0.15) is 0 Å². The van der Waals surface area contributed by atoms with Gasteiger partial charge in [-0.15, -0.1) is 0 Å². The fourth-order valence-electron chi connectivity index (χ4n) is 2.53. The summed E-state index contributed by atoms with van der Waals surface area (Å²) in [6.45, 7) is 9.79. The Morgan fingerprint density at radius 1 is 1.05 bits per heavy atom. The van der Waals surface area contributed by atoms with Crippen LogP contribution < -0.4 is 5.32 Å². The number of carbonyl (C=O) groups excluding carboxylic acids is 1. The fourth-order valence-corrected chi connectivity index (χ4v) is 2.53. The topological polar surface area (TPSA) is 38.3 Å². The lowest BCUT2D eigenvalue weighted by molar-refractivity contribution is -0.144. The molecule has 3 heteroatoms. The van der Waals surface area contributed by atoms with Crippen molar-refractivity contribution in [1.82, 2.24) is 5.32 Å². The maximum atomic E-state index is 11.2. The molecule has 0 aromatic rings. The van der Waals surface area contributed by atoms with Gasteiger partial charge in [-0.25, -0.2) is 4.79 Å². The first-order valence-corrected chi connectivity index (χ1v) is 8.73. The van der Waals surface area contributed by atoms with E-state index in [4.69, 9.17) is 4.74 Å². The first-order valence-electron chi connectivity index (χ1n) is 8.73. The molecule has 0 amide bonds. The predicted molar refractivity (Wildman–Crippen MR) is 90.2 cm³/mol. The highest BCUT2D eigenvalue weighted by atomic mass is 16.6. The summed E-state index contributed by atoms with van der Waals surface area (Å²) in [6.07, 6.45) is 13.6. The largest absolute Gasteiger partial charge is 0.444 e. The van der Waals surface area contributed by atoms with Crippen molar-refractivity contribution < 1.29 is 9.53 Å². The molecule has 0 spiro atoms. The van der Waals surface area contributed by atoms with Gasteiger partial charge in [-0.3, -0.25) is 5.32 Å². The Morgan fingerprint density at radius 2 is 1.57 bits per heavy atom. The lowest BCUT2D eigenvalue weighted by Gasteiger charge is -2.23. The molecule has 0 saturated carbocycles. The van der Waals surface area contributed by atoms with Crippen LogP contribution in [0.5, 0.6) is 0 Å². The third-order valence-corrected chi connectivity index (χ3v) is 3.74. The Labute approximate surface area is 131 Å². The van der Waals surface area contributed by atoms with E-state index in [-0.39, 0.29) is 12.2 Å². The molecule has 0 aliphatic heterocycles. The van der Waals surface area contributed by atoms with Crippen LogP contribution in [0.2, 0.25) is 0 Å². The van der Waals surface area contributed by atoms with E-state index < -0.39 is 0 Å². The second-order valence-corrected chi connectivity index (χ2v) is 5.85. The van der Waals surface area contributed by atoms with Gasteiger partial charge in [0, 0.05) is 12.1 Å². The standard InChI is InChI=1S/C18H35NO2/c1-5-8-10-12-14-17(15-13-11-9-6-2)19-16(4)21-18(20)7-3/h7,16-17,19H,3,5-6,8-15H2,1-2,4H3. The van der Waals surface area contributed by atoms with Crippen molar-refractivity contribution in [3.63, 3.8) is 0 Å². The first-order chi connectivity index (χ1) is 10.1. The SMILES string of the molecule is C=CC(=O)OC(C)NC(CCCCCC)CCCCCC. The van der Waals surface area contributed by atoms with E-state index in [2.05, 4.69) is 25.7 Å². The molecule has 0 fully saturated rings. The smallest absolute Gasteiger partial charge is 0.331 e. The highest BCUT2D eigenvalue weighted by molar-refractivity contribution is 5.81. The lowest BCUT2D eigenvalue weighted by Crippen LogP contribution is -2.39. The Bertz CT molecular complexity index is 254. The van der Waals surface area contributed by atoms with Crippen LogP contribution in [-0.2, 0) is 9.53 Å². The van der Waals surface area contributed by atoms with Gasteiger partial charge in [-0.1, -0.05) is 71.8 Å². The average molecular weight is 297 g/mol. The van der Waals surface area contributed by atoms with Crippen molar-refractivity contribution in [2.24, 2.45) is 0 Å². The van der Waals surface area contributed by atoms with Crippen molar-refractivity contribution in [2.75, 3.05) is 0 Å². The average Bonchev–Trinajstić information content (AvgIpc) is 2.47. The van der Waals surface area contributed by atoms with Crippen molar-refractivity contribution in [3.8, 4) is 0 Å². The second-order valence-electron chi connectivity index (χ2n) is 5.85. The van der Waals surface area contributed by atoms with E-state index in [1.165, 1.54) is 70.3 Å². The molecule has 0 heterocycles. The molecule has 0 saturated heterocycles. The number of hydrogen-bond acceptors (Lipinski definition) is 3. The fraction of sp³-hybridized carbons (Fsp3) is 0.833. The van der Waals surface area contributed by atoms with E-state index in [1.807, 2.05) is 6.92 Å². The Balaban J connectivity index is 4.08. The van der Waals surface area contributed by atoms with Gasteiger partial charge in [-0.05, 0) is 19.8 Å². The Kier molecular flexibility index (Phi) is 13.6. The minimum absolute atomic E-state index is 0.238. The van der Waals surface area contributed by atoms with Gasteiger partial charge in [0.2, 0.25) is 0 Å². The first kappa shape index (κ1) is 20.2. The molecule has 124 valence electrons. The molecular weight excluding hydrogens is 262 g/mol. The summed E-state index contributed by atoms with van der Waals surface area (Å²) in [6, 6.07) is 0.450. The maximum Gasteiger partial charge on any atom is 0.331 e. The highest BCUT2D eigenvalue weighted by Crippen LogP contribution is 2.13. The van der Waals surface area contributed by atoms with Crippen LogP contribution in [0.1, 0.15) is 85.0 Å². The summed E-state index contributed by atoms with van der Waals surface area (Å²) < 4.78 is 5.22. The maximum absolute atomic E-state index is 11.2. The zero-order chi connectivity index (χ0) is 15.9. The number of rotatable bonds is 14. The van der Waals surface area contributed by atoms with E-state index in [9.17, 15) is 4.79 Å². The molecule has 0 rings (SSSR count). The zero-order valence-electron chi connectivity index (χ0n) is 14.3. The van der Waals surface area contributed by atoms with E-state index in [1.54, 1.807) is 0 Å². The summed E-state index contributed by atoms with van der Waals surface area (Å²) in [5.41, 5.74) is 0. The molecular formula is C18H35NO2. The summed E-state index contributed by atoms with van der Waals surface area (Å²) in [5.74, 6) is -0.356. The lowest BCUT2D eigenvalue weighted by atomic mass is 10.0. The highest BCUT2D eigenvalue weighted by Gasteiger charge is 2.13. The molecule has 1 unspecified atom stereocenters. The van der Waals surface area contributed by atoms with Gasteiger partial charge in [0.15, 0.2) is 6.23 Å². The van der Waals surface area contributed by atoms with E-state index in [0.717, 1.165) is 0 Å². The van der Waals surface area contributed by atoms with Crippen molar-refractivity contribution in [2.45, 2.75) is 97.2 Å². The molecule has 0 aromatic carbocycles. The van der Waals surface area contributed by atoms with Crippen molar-refractivity contribution >= 4 is 5.97 Å². The van der Waals surface area contributed by atoms with Crippen molar-refractivity contribution in [1.29, 1.82) is 0 Å². The summed E-state index contributed by atoms with van der Waals surface area (Å²) >= 11 is 0. The van der Waals surface area contributed by atoms with Crippen molar-refractivity contribution in [3.05, 3.63) is 12.7 Å². The van der Waals surface area contributed by atoms with Gasteiger partial charge in [0.1, 0.15) is 0 Å². The van der Waals surface area contributed by atoms with Gasteiger partial charge in [0.05, 0.1) is 0 Å². The minimum atomic E-state index is -0.356. The molecule has 0 aromatic heterocycles. The third kappa shape index (κ3) is 12.6. The molecule has 1 atom stereocenters. The van der Waals surface area contributed by atoms with Crippen LogP contribution in [0.3, 0.4) is 0 Å². The molecule has 1 N–H and O–H groups in total. The normalized spacial score (nSPS) is 12.4. The number of ether oxygens (including phenoxy) is 1. The van der Waals surface area contributed by atoms with Gasteiger partial charge < -0.3 is 4.74 Å². The number of unbranched alkanes of at least 4 members (excludes halogenated alkanes) is 6. The summed E-state index contributed by atoms with van der Waals surface area (Å²) in [4.78, 5) is 11.2. The van der Waals surface area contributed by atoms with E-state index >= 15 is 0 Å². The summed E-state index contributed by atoms with van der Waals surface area (Å²) in [7, 11) is 0. The molecule has 0 aliphatic carbocycles. The van der Waals surface area contributed by atoms with E-state index in [0.29, 0.717) is 6.04 Å². The summed E-state index contributed by atoms with van der Waals surface area (Å²) in [5, 5.41) is 3.45. The minimum Gasteiger partial charge on any atom is -0.444 e. The number of hydrogen-bond donors (Lipinski definition) is 1. The van der Waals surface area contributed by atoms with Crippen LogP contribution in [0, 0.1) is 0 Å². The molecule has 21 heavy (non-hydrogen) atoms. The zero-order valence-corrected chi connectivity index (χ0v) is 14.3. The predicted octanol–water partition coefficient (Wildman–Crippen LogP) is 4.96.